The van der Waals surface area contributed by atoms with E-state index in [-0.39, 0.29) is 0 Å². The van der Waals surface area contributed by atoms with Crippen LogP contribution in [-0.4, -0.2) is 13.1 Å². The topological polar surface area (TPSA) is 50.1 Å². The first-order chi connectivity index (χ1) is 5.86. The van der Waals surface area contributed by atoms with Crippen molar-refractivity contribution < 1.29 is 0 Å². The van der Waals surface area contributed by atoms with Gasteiger partial charge < -0.3 is 16.4 Å². The maximum absolute atomic E-state index is 5.67. The molecule has 0 saturated carbocycles. The Morgan fingerprint density at radius 2 is 1.83 bits per heavy atom. The number of anilines is 3. The maximum Gasteiger partial charge on any atom is 0.0596 e. The number of nitrogens with one attached hydrogen (secondary N) is 2. The second-order valence-electron chi connectivity index (χ2n) is 3.01. The van der Waals surface area contributed by atoms with Gasteiger partial charge >= 0.3 is 0 Å². The molecule has 0 radical (unpaired) electrons. The number of hydrogen-bond donors (Lipinski definition) is 3. The molecule has 0 fully saturated rings. The predicted molar refractivity (Wildman–Crippen MR) is 52.5 cm³/mol. The summed E-state index contributed by atoms with van der Waals surface area (Å²) in [6.45, 7) is 2.05. The number of hydrogen-bond acceptors (Lipinski definition) is 3. The van der Waals surface area contributed by atoms with Crippen LogP contribution in [0.3, 0.4) is 0 Å². The Balaban J connectivity index is 2.36. The third-order valence-electron chi connectivity index (χ3n) is 2.03. The number of fused-ring (bicyclic) bond motifs is 1. The summed E-state index contributed by atoms with van der Waals surface area (Å²) < 4.78 is 0. The van der Waals surface area contributed by atoms with Crippen LogP contribution in [0, 0.1) is 0 Å². The number of nitrogens with two attached hydrogens (primary N) is 1. The highest BCUT2D eigenvalue weighted by Gasteiger charge is 2.04. The van der Waals surface area contributed by atoms with E-state index in [1.165, 1.54) is 0 Å². The molecule has 0 aromatic heterocycles. The van der Waals surface area contributed by atoms with Gasteiger partial charge in [0, 0.05) is 18.8 Å². The lowest BCUT2D eigenvalue weighted by Crippen LogP contribution is -2.01. The van der Waals surface area contributed by atoms with Crippen LogP contribution in [0.1, 0.15) is 6.42 Å². The Morgan fingerprint density at radius 3 is 2.67 bits per heavy atom. The Hall–Kier alpha value is -1.38. The molecule has 0 atom stereocenters. The second-order valence-corrected chi connectivity index (χ2v) is 3.01. The fourth-order valence-electron chi connectivity index (χ4n) is 1.40. The summed E-state index contributed by atoms with van der Waals surface area (Å²) in [6.07, 6.45) is 1.15. The van der Waals surface area contributed by atoms with Gasteiger partial charge in [-0.15, -0.1) is 0 Å². The molecular formula is C9H13N3. The van der Waals surface area contributed by atoms with Crippen LogP contribution in [0.25, 0.3) is 0 Å². The first-order valence-electron chi connectivity index (χ1n) is 4.23. The van der Waals surface area contributed by atoms with Gasteiger partial charge in [0.05, 0.1) is 11.4 Å². The van der Waals surface area contributed by atoms with E-state index in [9.17, 15) is 0 Å². The molecule has 0 aliphatic carbocycles. The van der Waals surface area contributed by atoms with Crippen LogP contribution in [-0.2, 0) is 0 Å². The van der Waals surface area contributed by atoms with Gasteiger partial charge in [-0.05, 0) is 24.6 Å². The lowest BCUT2D eigenvalue weighted by molar-refractivity contribution is 0.928. The minimum absolute atomic E-state index is 0.810. The molecule has 12 heavy (non-hydrogen) atoms. The quantitative estimate of drug-likeness (QED) is 0.508. The highest BCUT2D eigenvalue weighted by atomic mass is 15.0. The Bertz CT molecular complexity index is 283. The van der Waals surface area contributed by atoms with Crippen molar-refractivity contribution in [3.05, 3.63) is 18.2 Å². The largest absolute Gasteiger partial charge is 0.399 e. The van der Waals surface area contributed by atoms with Crippen LogP contribution >= 0.6 is 0 Å². The van der Waals surface area contributed by atoms with E-state index in [1.54, 1.807) is 0 Å². The summed E-state index contributed by atoms with van der Waals surface area (Å²) in [5, 5.41) is 6.66. The second kappa shape index (κ2) is 2.93. The molecule has 0 saturated heterocycles. The van der Waals surface area contributed by atoms with Gasteiger partial charge in [-0.2, -0.15) is 0 Å². The van der Waals surface area contributed by atoms with Crippen molar-refractivity contribution in [2.75, 3.05) is 29.5 Å². The van der Waals surface area contributed by atoms with Crippen molar-refractivity contribution in [2.45, 2.75) is 6.42 Å². The molecule has 1 aliphatic heterocycles. The summed E-state index contributed by atoms with van der Waals surface area (Å²) in [5.74, 6) is 0. The van der Waals surface area contributed by atoms with E-state index in [1.807, 2.05) is 18.2 Å². The zero-order valence-electron chi connectivity index (χ0n) is 6.93. The molecule has 3 heteroatoms. The average Bonchev–Trinajstić information content (AvgIpc) is 2.28. The van der Waals surface area contributed by atoms with Gasteiger partial charge in [0.2, 0.25) is 0 Å². The minimum atomic E-state index is 0.810. The first kappa shape index (κ1) is 7.28. The molecule has 0 unspecified atom stereocenters. The molecular weight excluding hydrogens is 150 g/mol. The van der Waals surface area contributed by atoms with Gasteiger partial charge in [-0.25, -0.2) is 0 Å². The fraction of sp³-hybridized carbons (Fsp3) is 0.333. The molecule has 0 bridgehead atoms. The van der Waals surface area contributed by atoms with Crippen LogP contribution in [0.15, 0.2) is 18.2 Å². The molecule has 1 aliphatic rings. The van der Waals surface area contributed by atoms with Crippen LogP contribution < -0.4 is 16.4 Å². The summed E-state index contributed by atoms with van der Waals surface area (Å²) >= 11 is 0. The SMILES string of the molecule is Nc1ccc2c(c1)NCCCN2. The molecule has 2 rings (SSSR count). The molecule has 0 spiro atoms. The third kappa shape index (κ3) is 1.30. The normalized spacial score (nSPS) is 15.3. The molecule has 4 N–H and O–H groups in total. The molecule has 1 aromatic carbocycles. The zero-order chi connectivity index (χ0) is 8.39. The number of rotatable bonds is 0. The summed E-state index contributed by atoms with van der Waals surface area (Å²) in [7, 11) is 0. The molecule has 1 heterocycles. The van der Waals surface area contributed by atoms with E-state index in [0.717, 1.165) is 36.6 Å². The van der Waals surface area contributed by atoms with Crippen molar-refractivity contribution in [3.63, 3.8) is 0 Å². The molecule has 0 amide bonds. The van der Waals surface area contributed by atoms with Crippen molar-refractivity contribution in [1.82, 2.24) is 0 Å². The molecule has 64 valence electrons. The average molecular weight is 163 g/mol. The Morgan fingerprint density at radius 1 is 1.08 bits per heavy atom. The van der Waals surface area contributed by atoms with Gasteiger partial charge in [-0.1, -0.05) is 0 Å². The summed E-state index contributed by atoms with van der Waals surface area (Å²) in [5.41, 5.74) is 8.75. The van der Waals surface area contributed by atoms with Gasteiger partial charge in [0.15, 0.2) is 0 Å². The Kier molecular flexibility index (Phi) is 1.78. The third-order valence-corrected chi connectivity index (χ3v) is 2.03. The van der Waals surface area contributed by atoms with Crippen LogP contribution in [0.4, 0.5) is 17.1 Å². The maximum atomic E-state index is 5.67. The van der Waals surface area contributed by atoms with Gasteiger partial charge in [-0.3, -0.25) is 0 Å². The Labute approximate surface area is 72.0 Å². The molecule has 3 nitrogen and oxygen atoms in total. The van der Waals surface area contributed by atoms with E-state index in [2.05, 4.69) is 10.6 Å². The standard InChI is InChI=1S/C9H13N3/c10-7-2-3-8-9(6-7)12-5-1-4-11-8/h2-3,6,11-12H,1,4-5,10H2. The molecule has 1 aromatic rings. The van der Waals surface area contributed by atoms with Crippen molar-refractivity contribution >= 4 is 17.1 Å². The van der Waals surface area contributed by atoms with E-state index < -0.39 is 0 Å². The fourth-order valence-corrected chi connectivity index (χ4v) is 1.40. The van der Waals surface area contributed by atoms with E-state index in [4.69, 9.17) is 5.73 Å². The minimum Gasteiger partial charge on any atom is -0.399 e. The first-order valence-corrected chi connectivity index (χ1v) is 4.23. The van der Waals surface area contributed by atoms with E-state index >= 15 is 0 Å². The van der Waals surface area contributed by atoms with Gasteiger partial charge in [0.1, 0.15) is 0 Å². The van der Waals surface area contributed by atoms with Crippen molar-refractivity contribution in [1.29, 1.82) is 0 Å². The van der Waals surface area contributed by atoms with Crippen LogP contribution in [0.2, 0.25) is 0 Å². The monoisotopic (exact) mass is 163 g/mol. The lowest BCUT2D eigenvalue weighted by Gasteiger charge is -2.08. The lowest BCUT2D eigenvalue weighted by atomic mass is 10.2. The predicted octanol–water partition coefficient (Wildman–Crippen LogP) is 1.50. The summed E-state index contributed by atoms with van der Waals surface area (Å²) in [6, 6.07) is 5.90. The highest BCUT2D eigenvalue weighted by molar-refractivity contribution is 5.73. The number of nitrogen functional groups attached to an aromatic ring is 1. The van der Waals surface area contributed by atoms with Crippen LogP contribution in [0.5, 0.6) is 0 Å². The highest BCUT2D eigenvalue weighted by Crippen LogP contribution is 2.25. The smallest absolute Gasteiger partial charge is 0.0596 e. The number of benzene rings is 1. The zero-order valence-corrected chi connectivity index (χ0v) is 6.93. The van der Waals surface area contributed by atoms with E-state index in [0.29, 0.717) is 0 Å². The summed E-state index contributed by atoms with van der Waals surface area (Å²) in [4.78, 5) is 0. The van der Waals surface area contributed by atoms with Crippen molar-refractivity contribution in [3.8, 4) is 0 Å². The van der Waals surface area contributed by atoms with Gasteiger partial charge in [0.25, 0.3) is 0 Å². The van der Waals surface area contributed by atoms with Crippen molar-refractivity contribution in [2.24, 2.45) is 0 Å².